The highest BCUT2D eigenvalue weighted by atomic mass is 15.1. The van der Waals surface area contributed by atoms with Crippen molar-refractivity contribution in [2.45, 2.75) is 26.2 Å². The number of rotatable bonds is 0. The second kappa shape index (κ2) is 1.12. The molecule has 0 heterocycles. The Labute approximate surface area is 79.1 Å². The molecule has 6 aliphatic carbocycles. The zero-order valence-corrected chi connectivity index (χ0v) is 8.16. The van der Waals surface area contributed by atoms with Gasteiger partial charge in [0.25, 0.3) is 0 Å². The van der Waals surface area contributed by atoms with E-state index in [0.717, 1.165) is 16.7 Å². The fraction of sp³-hybridized carbons (Fsp3) is 1.00. The molecule has 6 aliphatic rings. The van der Waals surface area contributed by atoms with Crippen molar-refractivity contribution >= 4 is 0 Å². The van der Waals surface area contributed by atoms with Crippen LogP contribution in [0.25, 0.3) is 0 Å². The minimum Gasteiger partial charge on any atom is -0.0619 e. The first kappa shape index (κ1) is 5.78. The largest absolute Gasteiger partial charge is 0.0619 e. The Kier molecular flexibility index (Phi) is 0.498. The summed E-state index contributed by atoms with van der Waals surface area (Å²) in [5, 5.41) is 0. The zero-order valence-electron chi connectivity index (χ0n) is 8.16. The van der Waals surface area contributed by atoms with Gasteiger partial charge < -0.3 is 0 Å². The Bertz CT molecular complexity index is 366. The molecule has 0 aromatic rings. The molecule has 6 fully saturated rings. The molecule has 68 valence electrons. The van der Waals surface area contributed by atoms with E-state index < -0.39 is 0 Å². The van der Waals surface area contributed by atoms with Crippen molar-refractivity contribution in [1.29, 1.82) is 0 Å². The van der Waals surface area contributed by atoms with Gasteiger partial charge in [-0.2, -0.15) is 0 Å². The molecule has 13 heavy (non-hydrogen) atoms. The Morgan fingerprint density at radius 3 is 2.46 bits per heavy atom. The predicted molar refractivity (Wildman–Crippen MR) is 48.8 cm³/mol. The lowest BCUT2D eigenvalue weighted by molar-refractivity contribution is -0.603. The van der Waals surface area contributed by atoms with E-state index in [-0.39, 0.29) is 0 Å². The fourth-order valence-corrected chi connectivity index (χ4v) is 8.41. The van der Waals surface area contributed by atoms with Crippen molar-refractivity contribution in [3.8, 4) is 0 Å². The van der Waals surface area contributed by atoms with Crippen molar-refractivity contribution in [1.82, 2.24) is 0 Å². The van der Waals surface area contributed by atoms with E-state index in [2.05, 4.69) is 6.92 Å². The van der Waals surface area contributed by atoms with Gasteiger partial charge >= 0.3 is 0 Å². The lowest BCUT2D eigenvalue weighted by Crippen LogP contribution is -3.03. The summed E-state index contributed by atoms with van der Waals surface area (Å²) >= 11 is 0. The van der Waals surface area contributed by atoms with E-state index in [4.69, 9.17) is 0 Å². The van der Waals surface area contributed by atoms with E-state index in [0.29, 0.717) is 0 Å². The third-order valence-corrected chi connectivity index (χ3v) is 8.14. The highest BCUT2D eigenvalue weighted by Gasteiger charge is 3.03. The van der Waals surface area contributed by atoms with Crippen molar-refractivity contribution in [2.75, 3.05) is 0 Å². The number of fused-ring (bicyclic) bond motifs is 2. The summed E-state index contributed by atoms with van der Waals surface area (Å²) in [7, 11) is 0. The molecule has 0 aliphatic heterocycles. The van der Waals surface area contributed by atoms with Crippen molar-refractivity contribution in [3.63, 3.8) is 0 Å². The highest BCUT2D eigenvalue weighted by Crippen LogP contribution is 3.07. The quantitative estimate of drug-likeness (QED) is 0.527. The average Bonchev–Trinajstić information content (AvgIpc) is 2.02. The Balaban J connectivity index is 1.64. The summed E-state index contributed by atoms with van der Waals surface area (Å²) in [5.41, 5.74) is 2.10. The second-order valence-electron chi connectivity index (χ2n) is 7.08. The van der Waals surface area contributed by atoms with Crippen molar-refractivity contribution in [2.24, 2.45) is 52.3 Å². The molecule has 6 rings (SSSR count). The first-order valence-corrected chi connectivity index (χ1v) is 6.34. The Morgan fingerprint density at radius 1 is 0.846 bits per heavy atom. The molecule has 0 N–H and O–H groups in total. The van der Waals surface area contributed by atoms with Crippen LogP contribution in [-0.2, 0) is 0 Å². The van der Waals surface area contributed by atoms with Gasteiger partial charge in [0.2, 0.25) is 0 Å². The van der Waals surface area contributed by atoms with Gasteiger partial charge in [-0.05, 0) is 71.5 Å². The van der Waals surface area contributed by atoms with Crippen LogP contribution >= 0.6 is 0 Å². The maximum atomic E-state index is 2.56. The summed E-state index contributed by atoms with van der Waals surface area (Å²) in [5.74, 6) is 8.70. The first-order valence-electron chi connectivity index (χ1n) is 6.34. The van der Waals surface area contributed by atoms with Gasteiger partial charge in [-0.1, -0.05) is 6.92 Å². The standard InChI is InChI=1S/C13H16/c1-5-7-4-9-8-2-6-3-10-11(5)13(7,9)12(6,8)10/h5-11H,2-4H2,1H3. The molecule has 0 bridgehead atoms. The smallest absolute Gasteiger partial charge is 0.0137 e. The van der Waals surface area contributed by atoms with E-state index in [1.807, 2.05) is 0 Å². The summed E-state index contributed by atoms with van der Waals surface area (Å²) in [6.07, 6.45) is 4.98. The van der Waals surface area contributed by atoms with Crippen LogP contribution in [0.2, 0.25) is 0 Å². The van der Waals surface area contributed by atoms with Gasteiger partial charge in [0.1, 0.15) is 0 Å². The van der Waals surface area contributed by atoms with Crippen LogP contribution in [-0.4, -0.2) is 0 Å². The van der Waals surface area contributed by atoms with Crippen LogP contribution in [0.5, 0.6) is 0 Å². The SMILES string of the molecule is CC1C2CC3C4CC5CC6C1C23C546. The molecule has 0 aromatic heterocycles. The van der Waals surface area contributed by atoms with Crippen LogP contribution in [0.15, 0.2) is 0 Å². The average molecular weight is 172 g/mol. The normalized spacial score (nSPS) is 93.5. The summed E-state index contributed by atoms with van der Waals surface area (Å²) in [6.45, 7) is 2.56. The molecule has 9 unspecified atom stereocenters. The van der Waals surface area contributed by atoms with Gasteiger partial charge in [-0.3, -0.25) is 0 Å². The molecule has 0 heteroatoms. The number of hydrogen-bond acceptors (Lipinski definition) is 0. The molecule has 6 saturated carbocycles. The van der Waals surface area contributed by atoms with Crippen LogP contribution in [0.3, 0.4) is 0 Å². The molecule has 0 saturated heterocycles. The molecular formula is C13H16. The minimum atomic E-state index is 1.04. The maximum Gasteiger partial charge on any atom is -0.0137 e. The summed E-state index contributed by atoms with van der Waals surface area (Å²) in [6, 6.07) is 0. The third-order valence-electron chi connectivity index (χ3n) is 8.14. The highest BCUT2D eigenvalue weighted by molar-refractivity contribution is 5.49. The molecule has 0 radical (unpaired) electrons. The maximum absolute atomic E-state index is 2.56. The molecule has 9 atom stereocenters. The van der Waals surface area contributed by atoms with Gasteiger partial charge in [-0.15, -0.1) is 0 Å². The lowest BCUT2D eigenvalue weighted by Gasteiger charge is -3.07. The molecular weight excluding hydrogens is 156 g/mol. The predicted octanol–water partition coefficient (Wildman–Crippen LogP) is 2.54. The lowest BCUT2D eigenvalue weighted by atomic mass is 8.97. The van der Waals surface area contributed by atoms with Crippen molar-refractivity contribution in [3.05, 3.63) is 0 Å². The van der Waals surface area contributed by atoms with E-state index in [1.165, 1.54) is 35.5 Å². The van der Waals surface area contributed by atoms with Gasteiger partial charge in [0.15, 0.2) is 0 Å². The van der Waals surface area contributed by atoms with Gasteiger partial charge in [-0.25, -0.2) is 0 Å². The van der Waals surface area contributed by atoms with Crippen LogP contribution < -0.4 is 0 Å². The summed E-state index contributed by atoms with van der Waals surface area (Å²) < 4.78 is 0. The molecule has 0 aromatic carbocycles. The van der Waals surface area contributed by atoms with Crippen LogP contribution in [0.4, 0.5) is 0 Å². The monoisotopic (exact) mass is 172 g/mol. The van der Waals surface area contributed by atoms with E-state index >= 15 is 0 Å². The Hall–Kier alpha value is 0. The fourth-order valence-electron chi connectivity index (χ4n) is 8.41. The van der Waals surface area contributed by atoms with Crippen molar-refractivity contribution < 1.29 is 0 Å². The topological polar surface area (TPSA) is 0 Å². The van der Waals surface area contributed by atoms with Gasteiger partial charge in [0, 0.05) is 0 Å². The van der Waals surface area contributed by atoms with Crippen LogP contribution in [0, 0.1) is 52.3 Å². The number of hydrogen-bond donors (Lipinski definition) is 0. The molecule has 0 amide bonds. The molecule has 0 nitrogen and oxygen atoms in total. The Morgan fingerprint density at radius 2 is 1.62 bits per heavy atom. The third kappa shape index (κ3) is 0.225. The van der Waals surface area contributed by atoms with Gasteiger partial charge in [0.05, 0.1) is 0 Å². The van der Waals surface area contributed by atoms with Crippen LogP contribution in [0.1, 0.15) is 26.2 Å². The summed E-state index contributed by atoms with van der Waals surface area (Å²) in [4.78, 5) is 0. The first-order chi connectivity index (χ1) is 6.34. The minimum absolute atomic E-state index is 1.04. The van der Waals surface area contributed by atoms with E-state index in [9.17, 15) is 0 Å². The molecule has 2 spiro atoms. The zero-order chi connectivity index (χ0) is 8.16. The van der Waals surface area contributed by atoms with E-state index in [1.54, 1.807) is 19.3 Å². The second-order valence-corrected chi connectivity index (χ2v) is 7.08.